The first kappa shape index (κ1) is 24.4. The van der Waals surface area contributed by atoms with Crippen molar-refractivity contribution in [3.05, 3.63) is 28.5 Å². The van der Waals surface area contributed by atoms with Crippen molar-refractivity contribution >= 4 is 45.5 Å². The molecular weight excluding hydrogens is 448 g/mol. The van der Waals surface area contributed by atoms with Gasteiger partial charge in [-0.05, 0) is 37.9 Å². The molecule has 0 aromatic carbocycles. The number of thiophene rings is 2. The summed E-state index contributed by atoms with van der Waals surface area (Å²) in [7, 11) is 3.52. The SMILES string of the molecule is CCOC(=O)c1c(-c2cccs2)csc1NC(=O)CN1CCCN(CC(=O)N(C)C)CC1. The number of hydrogen-bond acceptors (Lipinski definition) is 8. The monoisotopic (exact) mass is 478 g/mol. The largest absolute Gasteiger partial charge is 0.462 e. The normalized spacial score (nSPS) is 15.2. The highest BCUT2D eigenvalue weighted by atomic mass is 32.1. The molecule has 0 bridgehead atoms. The fourth-order valence-corrected chi connectivity index (χ4v) is 5.30. The van der Waals surface area contributed by atoms with E-state index in [0.29, 0.717) is 23.7 Å². The van der Waals surface area contributed by atoms with Crippen molar-refractivity contribution in [3.63, 3.8) is 0 Å². The Morgan fingerprint density at radius 1 is 1.09 bits per heavy atom. The first-order valence-corrected chi connectivity index (χ1v) is 12.4. The molecule has 0 atom stereocenters. The Labute approximate surface area is 196 Å². The van der Waals surface area contributed by atoms with Gasteiger partial charge in [-0.3, -0.25) is 19.4 Å². The topological polar surface area (TPSA) is 82.2 Å². The van der Waals surface area contributed by atoms with Gasteiger partial charge in [0.1, 0.15) is 10.6 Å². The molecule has 8 nitrogen and oxygen atoms in total. The van der Waals surface area contributed by atoms with E-state index in [1.54, 1.807) is 37.3 Å². The number of nitrogens with one attached hydrogen (secondary N) is 1. The third-order valence-electron chi connectivity index (χ3n) is 5.22. The van der Waals surface area contributed by atoms with E-state index in [2.05, 4.69) is 15.1 Å². The minimum Gasteiger partial charge on any atom is -0.462 e. The minimum atomic E-state index is -0.427. The molecule has 0 unspecified atom stereocenters. The lowest BCUT2D eigenvalue weighted by atomic mass is 10.1. The van der Waals surface area contributed by atoms with Crippen molar-refractivity contribution < 1.29 is 19.1 Å². The van der Waals surface area contributed by atoms with Gasteiger partial charge in [-0.1, -0.05) is 6.07 Å². The van der Waals surface area contributed by atoms with Gasteiger partial charge < -0.3 is 15.0 Å². The fourth-order valence-electron chi connectivity index (χ4n) is 3.51. The molecule has 0 saturated carbocycles. The van der Waals surface area contributed by atoms with Crippen LogP contribution in [0.2, 0.25) is 0 Å². The molecule has 174 valence electrons. The van der Waals surface area contributed by atoms with Crippen LogP contribution in [0.1, 0.15) is 23.7 Å². The third kappa shape index (κ3) is 6.38. The van der Waals surface area contributed by atoms with Crippen molar-refractivity contribution in [2.75, 3.05) is 65.3 Å². The zero-order valence-electron chi connectivity index (χ0n) is 18.8. The highest BCUT2D eigenvalue weighted by Crippen LogP contribution is 2.38. The van der Waals surface area contributed by atoms with Crippen molar-refractivity contribution in [3.8, 4) is 10.4 Å². The highest BCUT2D eigenvalue weighted by molar-refractivity contribution is 7.17. The van der Waals surface area contributed by atoms with E-state index in [4.69, 9.17) is 4.74 Å². The summed E-state index contributed by atoms with van der Waals surface area (Å²) in [5.74, 6) is -0.502. The van der Waals surface area contributed by atoms with Crippen LogP contribution in [0.4, 0.5) is 5.00 Å². The molecule has 0 aliphatic carbocycles. The Bertz CT molecular complexity index is 927. The van der Waals surface area contributed by atoms with Crippen LogP contribution < -0.4 is 5.32 Å². The molecule has 2 aromatic heterocycles. The summed E-state index contributed by atoms with van der Waals surface area (Å²) < 4.78 is 5.25. The molecule has 32 heavy (non-hydrogen) atoms. The van der Waals surface area contributed by atoms with Crippen LogP contribution in [0.5, 0.6) is 0 Å². The smallest absolute Gasteiger partial charge is 0.341 e. The van der Waals surface area contributed by atoms with E-state index in [1.165, 1.54) is 11.3 Å². The summed E-state index contributed by atoms with van der Waals surface area (Å²) >= 11 is 2.88. The van der Waals surface area contributed by atoms with E-state index in [1.807, 2.05) is 22.9 Å². The number of carbonyl (C=O) groups is 3. The van der Waals surface area contributed by atoms with E-state index in [0.717, 1.165) is 36.5 Å². The van der Waals surface area contributed by atoms with Crippen LogP contribution in [-0.2, 0) is 14.3 Å². The maximum atomic E-state index is 12.8. The number of carbonyl (C=O) groups excluding carboxylic acids is 3. The standard InChI is InChI=1S/C22H30N4O4S2/c1-4-30-22(29)20-16(17-7-5-12-31-17)15-32-21(20)23-18(27)13-25-8-6-9-26(11-10-25)14-19(28)24(2)3/h5,7,12,15H,4,6,8-11,13-14H2,1-3H3,(H,23,27). The lowest BCUT2D eigenvalue weighted by Crippen LogP contribution is -2.39. The van der Waals surface area contributed by atoms with Crippen molar-refractivity contribution in [2.45, 2.75) is 13.3 Å². The first-order valence-electron chi connectivity index (χ1n) is 10.7. The van der Waals surface area contributed by atoms with Gasteiger partial charge in [-0.25, -0.2) is 4.79 Å². The van der Waals surface area contributed by atoms with Crippen LogP contribution >= 0.6 is 22.7 Å². The number of amides is 2. The van der Waals surface area contributed by atoms with Crippen LogP contribution in [-0.4, -0.2) is 92.5 Å². The number of ether oxygens (including phenoxy) is 1. The summed E-state index contributed by atoms with van der Waals surface area (Å²) in [5, 5.41) is 7.29. The Morgan fingerprint density at radius 3 is 2.44 bits per heavy atom. The summed E-state index contributed by atoms with van der Waals surface area (Å²) in [4.78, 5) is 44.2. The Hall–Kier alpha value is -2.27. The number of anilines is 1. The summed E-state index contributed by atoms with van der Waals surface area (Å²) in [6, 6.07) is 3.88. The maximum Gasteiger partial charge on any atom is 0.341 e. The molecule has 2 amide bonds. The van der Waals surface area contributed by atoms with Crippen molar-refractivity contribution in [2.24, 2.45) is 0 Å². The number of esters is 1. The van der Waals surface area contributed by atoms with Gasteiger partial charge in [0.15, 0.2) is 0 Å². The molecule has 1 fully saturated rings. The zero-order valence-corrected chi connectivity index (χ0v) is 20.4. The van der Waals surface area contributed by atoms with E-state index >= 15 is 0 Å². The second-order valence-corrected chi connectivity index (χ2v) is 9.62. The Balaban J connectivity index is 1.62. The molecule has 0 radical (unpaired) electrons. The molecule has 1 aliphatic rings. The van der Waals surface area contributed by atoms with Gasteiger partial charge in [-0.2, -0.15) is 0 Å². The van der Waals surface area contributed by atoms with Gasteiger partial charge in [0, 0.05) is 43.0 Å². The van der Waals surface area contributed by atoms with Gasteiger partial charge in [0.05, 0.1) is 19.7 Å². The van der Waals surface area contributed by atoms with Gasteiger partial charge in [0.25, 0.3) is 0 Å². The summed E-state index contributed by atoms with van der Waals surface area (Å²) in [5.41, 5.74) is 1.20. The molecule has 1 saturated heterocycles. The van der Waals surface area contributed by atoms with Gasteiger partial charge in [-0.15, -0.1) is 22.7 Å². The van der Waals surface area contributed by atoms with E-state index in [9.17, 15) is 14.4 Å². The average molecular weight is 479 g/mol. The molecular formula is C22H30N4O4S2. The lowest BCUT2D eigenvalue weighted by Gasteiger charge is -2.22. The quantitative estimate of drug-likeness (QED) is 0.588. The average Bonchev–Trinajstić information content (AvgIpc) is 3.36. The molecule has 1 aliphatic heterocycles. The predicted molar refractivity (Wildman–Crippen MR) is 128 cm³/mol. The minimum absolute atomic E-state index is 0.0851. The fraction of sp³-hybridized carbons (Fsp3) is 0.500. The van der Waals surface area contributed by atoms with Crippen LogP contribution in [0, 0.1) is 0 Å². The van der Waals surface area contributed by atoms with Crippen molar-refractivity contribution in [1.29, 1.82) is 0 Å². The number of rotatable bonds is 8. The summed E-state index contributed by atoms with van der Waals surface area (Å²) in [6.07, 6.45) is 0.892. The first-order chi connectivity index (χ1) is 15.4. The predicted octanol–water partition coefficient (Wildman–Crippen LogP) is 2.69. The lowest BCUT2D eigenvalue weighted by molar-refractivity contribution is -0.130. The van der Waals surface area contributed by atoms with E-state index in [-0.39, 0.29) is 25.0 Å². The number of nitrogens with zero attached hydrogens (tertiary/aromatic N) is 3. The van der Waals surface area contributed by atoms with Crippen molar-refractivity contribution in [1.82, 2.24) is 14.7 Å². The maximum absolute atomic E-state index is 12.8. The zero-order chi connectivity index (χ0) is 23.1. The van der Waals surface area contributed by atoms with Gasteiger partial charge >= 0.3 is 5.97 Å². The highest BCUT2D eigenvalue weighted by Gasteiger charge is 2.24. The Morgan fingerprint density at radius 2 is 1.81 bits per heavy atom. The van der Waals surface area contributed by atoms with Crippen LogP contribution in [0.15, 0.2) is 22.9 Å². The molecule has 3 rings (SSSR count). The molecule has 1 N–H and O–H groups in total. The van der Waals surface area contributed by atoms with Crippen LogP contribution in [0.25, 0.3) is 10.4 Å². The number of hydrogen-bond donors (Lipinski definition) is 1. The molecule has 10 heteroatoms. The second kappa shape index (κ2) is 11.6. The summed E-state index contributed by atoms with van der Waals surface area (Å²) in [6.45, 7) is 5.75. The molecule has 2 aromatic rings. The number of likely N-dealkylation sites (N-methyl/N-ethyl adjacent to an activating group) is 1. The molecule has 3 heterocycles. The Kier molecular flexibility index (Phi) is 8.80. The van der Waals surface area contributed by atoms with Crippen LogP contribution in [0.3, 0.4) is 0 Å². The van der Waals surface area contributed by atoms with Gasteiger partial charge in [0.2, 0.25) is 11.8 Å². The molecule has 0 spiro atoms. The van der Waals surface area contributed by atoms with E-state index < -0.39 is 5.97 Å². The third-order valence-corrected chi connectivity index (χ3v) is 7.01. The second-order valence-electron chi connectivity index (χ2n) is 7.79.